The predicted molar refractivity (Wildman–Crippen MR) is 94.6 cm³/mol. The van der Waals surface area contributed by atoms with Crippen molar-refractivity contribution in [2.24, 2.45) is 16.6 Å². The lowest BCUT2D eigenvalue weighted by atomic mass is 9.85. The van der Waals surface area contributed by atoms with E-state index < -0.39 is 0 Å². The van der Waals surface area contributed by atoms with E-state index in [0.717, 1.165) is 30.9 Å². The van der Waals surface area contributed by atoms with Crippen LogP contribution in [0, 0.1) is 11.7 Å². The van der Waals surface area contributed by atoms with Crippen molar-refractivity contribution in [3.63, 3.8) is 0 Å². The Bertz CT molecular complexity index is 510. The van der Waals surface area contributed by atoms with Gasteiger partial charge in [-0.25, -0.2) is 4.39 Å². The van der Waals surface area contributed by atoms with Crippen LogP contribution >= 0.6 is 24.0 Å². The van der Waals surface area contributed by atoms with Gasteiger partial charge in [-0.1, -0.05) is 24.6 Å². The van der Waals surface area contributed by atoms with Crippen LogP contribution in [0.3, 0.4) is 0 Å². The van der Waals surface area contributed by atoms with E-state index in [9.17, 15) is 4.39 Å². The molecule has 5 heteroatoms. The van der Waals surface area contributed by atoms with Crippen molar-refractivity contribution in [1.82, 2.24) is 5.32 Å². The maximum Gasteiger partial charge on any atom is 0.188 e. The highest BCUT2D eigenvalue weighted by Crippen LogP contribution is 2.49. The van der Waals surface area contributed by atoms with E-state index in [0.29, 0.717) is 12.5 Å². The van der Waals surface area contributed by atoms with Crippen LogP contribution < -0.4 is 11.1 Å². The smallest absolute Gasteiger partial charge is 0.188 e. The first-order valence-corrected chi connectivity index (χ1v) is 7.48. The first kappa shape index (κ1) is 16.5. The zero-order valence-electron chi connectivity index (χ0n) is 12.1. The van der Waals surface area contributed by atoms with Crippen LogP contribution in [0.4, 0.5) is 4.39 Å². The fourth-order valence-corrected chi connectivity index (χ4v) is 2.79. The summed E-state index contributed by atoms with van der Waals surface area (Å²) in [5, 5.41) is 3.19. The number of nitrogens with two attached hydrogens (primary N) is 1. The lowest BCUT2D eigenvalue weighted by Gasteiger charge is -2.25. The maximum absolute atomic E-state index is 13.9. The molecule has 0 aliphatic heterocycles. The molecule has 116 valence electrons. The van der Waals surface area contributed by atoms with Gasteiger partial charge in [0.05, 0.1) is 6.54 Å². The van der Waals surface area contributed by atoms with Gasteiger partial charge in [-0.15, -0.1) is 24.0 Å². The molecule has 1 aromatic carbocycles. The Kier molecular flexibility index (Phi) is 5.46. The number of rotatable bonds is 5. The second-order valence-corrected chi connectivity index (χ2v) is 6.14. The summed E-state index contributed by atoms with van der Waals surface area (Å²) >= 11 is 0. The number of hydrogen-bond donors (Lipinski definition) is 2. The van der Waals surface area contributed by atoms with Crippen LogP contribution in [0.15, 0.2) is 29.3 Å². The molecule has 0 bridgehead atoms. The highest BCUT2D eigenvalue weighted by molar-refractivity contribution is 14.0. The summed E-state index contributed by atoms with van der Waals surface area (Å²) in [6.45, 7) is 1.50. The third-order valence-electron chi connectivity index (χ3n) is 4.65. The van der Waals surface area contributed by atoms with Crippen molar-refractivity contribution in [2.45, 2.75) is 37.5 Å². The topological polar surface area (TPSA) is 50.4 Å². The number of nitrogens with one attached hydrogen (secondary N) is 1. The third kappa shape index (κ3) is 3.87. The summed E-state index contributed by atoms with van der Waals surface area (Å²) < 4.78 is 13.9. The van der Waals surface area contributed by atoms with Crippen LogP contribution in [0.1, 0.15) is 37.7 Å². The molecule has 0 saturated heterocycles. The van der Waals surface area contributed by atoms with E-state index in [1.54, 1.807) is 6.07 Å². The van der Waals surface area contributed by atoms with Gasteiger partial charge in [0.15, 0.2) is 5.96 Å². The molecule has 0 amide bonds. The monoisotopic (exact) mass is 403 g/mol. The molecule has 21 heavy (non-hydrogen) atoms. The van der Waals surface area contributed by atoms with Gasteiger partial charge in [0.1, 0.15) is 5.82 Å². The lowest BCUT2D eigenvalue weighted by Crippen LogP contribution is -2.37. The molecular formula is C16H23FIN3. The number of benzene rings is 1. The Morgan fingerprint density at radius 3 is 2.62 bits per heavy atom. The van der Waals surface area contributed by atoms with Crippen molar-refractivity contribution >= 4 is 29.9 Å². The van der Waals surface area contributed by atoms with Crippen LogP contribution in [0.25, 0.3) is 0 Å². The maximum atomic E-state index is 13.9. The second-order valence-electron chi connectivity index (χ2n) is 6.14. The largest absolute Gasteiger partial charge is 0.370 e. The van der Waals surface area contributed by atoms with Crippen LogP contribution in [0.2, 0.25) is 0 Å². The molecular weight excluding hydrogens is 380 g/mol. The highest BCUT2D eigenvalue weighted by Gasteiger charge is 2.45. The zero-order valence-corrected chi connectivity index (χ0v) is 14.5. The zero-order chi connectivity index (χ0) is 14.0. The SMILES string of the molecule is I.NC(=NCC1(c2ccccc2F)CC1)NCC1CCC1. The standard InChI is InChI=1S/C16H22FN3.HI/c17-14-7-2-1-6-13(14)16(8-9-16)11-20-15(18)19-10-12-4-3-5-12;/h1-2,6-7,12H,3-5,8-11H2,(H3,18,19,20);1H. The van der Waals surface area contributed by atoms with Crippen LogP contribution in [0.5, 0.6) is 0 Å². The molecule has 0 unspecified atom stereocenters. The van der Waals surface area contributed by atoms with Gasteiger partial charge in [0.2, 0.25) is 0 Å². The van der Waals surface area contributed by atoms with Gasteiger partial charge < -0.3 is 11.1 Å². The minimum absolute atomic E-state index is 0. The minimum Gasteiger partial charge on any atom is -0.370 e. The molecule has 3 N–H and O–H groups in total. The van der Waals surface area contributed by atoms with E-state index in [1.807, 2.05) is 12.1 Å². The first-order valence-electron chi connectivity index (χ1n) is 7.48. The van der Waals surface area contributed by atoms with Crippen molar-refractivity contribution in [3.05, 3.63) is 35.6 Å². The van der Waals surface area contributed by atoms with Crippen molar-refractivity contribution in [3.8, 4) is 0 Å². The summed E-state index contributed by atoms with van der Waals surface area (Å²) in [5.74, 6) is 1.13. The number of aliphatic imine (C=N–C) groups is 1. The first-order chi connectivity index (χ1) is 9.70. The molecule has 2 aliphatic carbocycles. The highest BCUT2D eigenvalue weighted by atomic mass is 127. The molecule has 3 rings (SSSR count). The molecule has 0 aromatic heterocycles. The molecule has 0 spiro atoms. The average molecular weight is 403 g/mol. The number of halogens is 2. The molecule has 0 radical (unpaired) electrons. The van der Waals surface area contributed by atoms with E-state index in [2.05, 4.69) is 10.3 Å². The molecule has 2 saturated carbocycles. The number of guanidine groups is 1. The van der Waals surface area contributed by atoms with E-state index in [-0.39, 0.29) is 35.2 Å². The number of hydrogen-bond acceptors (Lipinski definition) is 1. The fraction of sp³-hybridized carbons (Fsp3) is 0.562. The molecule has 1 aromatic rings. The summed E-state index contributed by atoms with van der Waals surface area (Å²) in [4.78, 5) is 4.42. The molecule has 2 aliphatic rings. The van der Waals surface area contributed by atoms with E-state index in [4.69, 9.17) is 5.73 Å². The van der Waals surface area contributed by atoms with Crippen LogP contribution in [-0.2, 0) is 5.41 Å². The quantitative estimate of drug-likeness (QED) is 0.451. The van der Waals surface area contributed by atoms with E-state index >= 15 is 0 Å². The Balaban J connectivity index is 0.00000161. The Morgan fingerprint density at radius 2 is 2.05 bits per heavy atom. The van der Waals surface area contributed by atoms with Gasteiger partial charge in [0, 0.05) is 12.0 Å². The molecule has 0 heterocycles. The summed E-state index contributed by atoms with van der Waals surface area (Å²) in [5.41, 5.74) is 6.57. The van der Waals surface area contributed by atoms with Crippen molar-refractivity contribution < 1.29 is 4.39 Å². The van der Waals surface area contributed by atoms with Crippen molar-refractivity contribution in [2.75, 3.05) is 13.1 Å². The average Bonchev–Trinajstić information content (AvgIpc) is 3.16. The van der Waals surface area contributed by atoms with Crippen LogP contribution in [-0.4, -0.2) is 19.0 Å². The minimum atomic E-state index is -0.124. The lowest BCUT2D eigenvalue weighted by molar-refractivity contribution is 0.315. The number of nitrogens with zero attached hydrogens (tertiary/aromatic N) is 1. The summed E-state index contributed by atoms with van der Waals surface area (Å²) in [6.07, 6.45) is 5.90. The second kappa shape index (κ2) is 6.94. The Hall–Kier alpha value is -0.850. The normalized spacial score (nSPS) is 20.3. The Labute approximate surface area is 142 Å². The molecule has 2 fully saturated rings. The Morgan fingerprint density at radius 1 is 1.33 bits per heavy atom. The molecule has 0 atom stereocenters. The van der Waals surface area contributed by atoms with E-state index in [1.165, 1.54) is 25.3 Å². The van der Waals surface area contributed by atoms with Crippen molar-refractivity contribution in [1.29, 1.82) is 0 Å². The van der Waals surface area contributed by atoms with Gasteiger partial charge in [-0.05, 0) is 43.2 Å². The summed E-state index contributed by atoms with van der Waals surface area (Å²) in [7, 11) is 0. The predicted octanol–water partition coefficient (Wildman–Crippen LogP) is 3.18. The van der Waals surface area contributed by atoms with Gasteiger partial charge in [-0.2, -0.15) is 0 Å². The van der Waals surface area contributed by atoms with Gasteiger partial charge in [0.25, 0.3) is 0 Å². The third-order valence-corrected chi connectivity index (χ3v) is 4.65. The van der Waals surface area contributed by atoms with Gasteiger partial charge in [-0.3, -0.25) is 4.99 Å². The molecule has 3 nitrogen and oxygen atoms in total. The summed E-state index contributed by atoms with van der Waals surface area (Å²) in [6, 6.07) is 7.01. The van der Waals surface area contributed by atoms with Gasteiger partial charge >= 0.3 is 0 Å². The fourth-order valence-electron chi connectivity index (χ4n) is 2.79.